The maximum absolute atomic E-state index is 14.3. The van der Waals surface area contributed by atoms with Crippen LogP contribution in [0.5, 0.6) is 0 Å². The summed E-state index contributed by atoms with van der Waals surface area (Å²) in [5.74, 6) is -3.44. The molecular weight excluding hydrogens is 606 g/mol. The summed E-state index contributed by atoms with van der Waals surface area (Å²) >= 11 is 0. The van der Waals surface area contributed by atoms with Gasteiger partial charge in [0.05, 0.1) is 18.6 Å². The number of piperidine rings is 1. The van der Waals surface area contributed by atoms with Crippen LogP contribution in [-0.2, 0) is 35.3 Å². The number of nitrogens with two attached hydrogens (primary N) is 1. The van der Waals surface area contributed by atoms with Crippen molar-refractivity contribution in [2.24, 2.45) is 39.7 Å². The van der Waals surface area contributed by atoms with Crippen LogP contribution in [-0.4, -0.2) is 71.1 Å². The zero-order chi connectivity index (χ0) is 35.1. The van der Waals surface area contributed by atoms with E-state index in [1.54, 1.807) is 26.8 Å². The third-order valence-corrected chi connectivity index (χ3v) is 9.66. The minimum absolute atomic E-state index is 0.0218. The van der Waals surface area contributed by atoms with Gasteiger partial charge in [0.15, 0.2) is 0 Å². The van der Waals surface area contributed by atoms with Gasteiger partial charge in [-0.25, -0.2) is 9.59 Å². The minimum Gasteiger partial charge on any atom is -0.472 e. The van der Waals surface area contributed by atoms with Crippen molar-refractivity contribution in [3.8, 4) is 0 Å². The summed E-state index contributed by atoms with van der Waals surface area (Å²) < 4.78 is 10.5. The number of carbonyl (C=O) groups is 6. The van der Waals surface area contributed by atoms with E-state index in [0.29, 0.717) is 18.5 Å². The van der Waals surface area contributed by atoms with E-state index in [4.69, 9.17) is 14.9 Å². The molecule has 1 aromatic heterocycles. The van der Waals surface area contributed by atoms with Crippen molar-refractivity contribution < 1.29 is 37.9 Å². The zero-order valence-corrected chi connectivity index (χ0v) is 28.8. The van der Waals surface area contributed by atoms with E-state index < -0.39 is 65.1 Å². The molecule has 13 heteroatoms. The van der Waals surface area contributed by atoms with Crippen molar-refractivity contribution in [2.75, 3.05) is 6.54 Å². The summed E-state index contributed by atoms with van der Waals surface area (Å²) in [6, 6.07) is -3.07. The first-order chi connectivity index (χ1) is 21.7. The first kappa shape index (κ1) is 35.9. The van der Waals surface area contributed by atoms with Crippen molar-refractivity contribution in [3.05, 3.63) is 24.2 Å². The molecule has 260 valence electrons. The van der Waals surface area contributed by atoms with E-state index in [0.717, 1.165) is 12.8 Å². The Balaban J connectivity index is 1.50. The Kier molecular flexibility index (Phi) is 10.2. The van der Waals surface area contributed by atoms with E-state index >= 15 is 0 Å². The van der Waals surface area contributed by atoms with Gasteiger partial charge >= 0.3 is 12.0 Å². The number of amides is 5. The van der Waals surface area contributed by atoms with Crippen LogP contribution in [0.2, 0.25) is 0 Å². The second kappa shape index (κ2) is 13.3. The molecule has 0 aromatic carbocycles. The van der Waals surface area contributed by atoms with Crippen LogP contribution in [0.25, 0.3) is 0 Å². The van der Waals surface area contributed by atoms with Gasteiger partial charge in [-0.1, -0.05) is 68.2 Å². The van der Waals surface area contributed by atoms with Gasteiger partial charge in [-0.2, -0.15) is 0 Å². The van der Waals surface area contributed by atoms with Crippen molar-refractivity contribution in [3.63, 3.8) is 0 Å². The Morgan fingerprint density at radius 2 is 1.68 bits per heavy atom. The normalized spacial score (nSPS) is 23.5. The van der Waals surface area contributed by atoms with Gasteiger partial charge in [0, 0.05) is 12.1 Å². The molecular formula is C34H51N5O8. The number of ether oxygens (including phenoxy) is 1. The Bertz CT molecular complexity index is 1370. The van der Waals surface area contributed by atoms with Crippen LogP contribution in [0.15, 0.2) is 23.0 Å². The highest BCUT2D eigenvalue weighted by Crippen LogP contribution is 2.65. The van der Waals surface area contributed by atoms with E-state index in [2.05, 4.69) is 16.0 Å². The number of likely N-dealkylation sites (tertiary alicyclic amines) is 1. The lowest BCUT2D eigenvalue weighted by Crippen LogP contribution is -2.62. The predicted molar refractivity (Wildman–Crippen MR) is 171 cm³/mol. The van der Waals surface area contributed by atoms with Crippen LogP contribution < -0.4 is 21.7 Å². The number of hydrogen-bond donors (Lipinski definition) is 4. The number of hydrogen-bond acceptors (Lipinski definition) is 8. The zero-order valence-electron chi connectivity index (χ0n) is 28.8. The van der Waals surface area contributed by atoms with Crippen molar-refractivity contribution in [1.82, 2.24) is 20.9 Å². The molecule has 2 heterocycles. The molecule has 2 aliphatic carbocycles. The number of nitrogens with zero attached hydrogens (tertiary/aromatic N) is 1. The third kappa shape index (κ3) is 8.72. The number of rotatable bonds is 13. The number of nitrogens with one attached hydrogen (secondary N) is 3. The summed E-state index contributed by atoms with van der Waals surface area (Å²) in [6.07, 6.45) is 5.34. The van der Waals surface area contributed by atoms with Crippen molar-refractivity contribution >= 4 is 35.5 Å². The largest absolute Gasteiger partial charge is 0.472 e. The molecule has 47 heavy (non-hydrogen) atoms. The molecule has 1 aromatic rings. The highest BCUT2D eigenvalue weighted by molar-refractivity contribution is 6.37. The average Bonchev–Trinajstić information content (AvgIpc) is 3.66. The fraction of sp³-hybridized carbons (Fsp3) is 0.706. The number of primary amides is 1. The quantitative estimate of drug-likeness (QED) is 0.184. The molecule has 13 nitrogen and oxygen atoms in total. The van der Waals surface area contributed by atoms with E-state index in [1.807, 2.05) is 34.6 Å². The second-order valence-corrected chi connectivity index (χ2v) is 16.3. The number of ketones is 1. The molecule has 2 saturated carbocycles. The van der Waals surface area contributed by atoms with Gasteiger partial charge in [-0.15, -0.1) is 0 Å². The lowest BCUT2D eigenvalue weighted by Gasteiger charge is -2.38. The van der Waals surface area contributed by atoms with Gasteiger partial charge in [0.1, 0.15) is 24.7 Å². The van der Waals surface area contributed by atoms with Gasteiger partial charge in [0.2, 0.25) is 17.6 Å². The average molecular weight is 658 g/mol. The monoisotopic (exact) mass is 657 g/mol. The fourth-order valence-electron chi connectivity index (χ4n) is 6.74. The fourth-order valence-corrected chi connectivity index (χ4v) is 6.74. The smallest absolute Gasteiger partial charge is 0.329 e. The molecule has 3 fully saturated rings. The highest BCUT2D eigenvalue weighted by Gasteiger charge is 2.70. The Hall–Kier alpha value is -3.90. The number of Topliss-reactive ketones (excluding diaryl/α,β-unsaturated/α-hetero) is 1. The van der Waals surface area contributed by atoms with Gasteiger partial charge in [-0.05, 0) is 52.9 Å². The molecule has 0 radical (unpaired) electrons. The second-order valence-electron chi connectivity index (χ2n) is 16.3. The Labute approximate surface area is 276 Å². The maximum Gasteiger partial charge on any atom is 0.329 e. The number of esters is 1. The number of urea groups is 1. The van der Waals surface area contributed by atoms with Crippen LogP contribution >= 0.6 is 0 Å². The number of carbonyl (C=O) groups excluding carboxylic acids is 6. The van der Waals surface area contributed by atoms with Crippen molar-refractivity contribution in [2.45, 2.75) is 112 Å². The van der Waals surface area contributed by atoms with Crippen LogP contribution in [0.4, 0.5) is 4.79 Å². The number of fused-ring (bicyclic) bond motifs is 1. The summed E-state index contributed by atoms with van der Waals surface area (Å²) in [7, 11) is 0. The lowest BCUT2D eigenvalue weighted by atomic mass is 9.85. The van der Waals surface area contributed by atoms with Crippen molar-refractivity contribution in [1.29, 1.82) is 0 Å². The van der Waals surface area contributed by atoms with Gasteiger partial charge in [0.25, 0.3) is 5.91 Å². The third-order valence-electron chi connectivity index (χ3n) is 9.66. The summed E-state index contributed by atoms with van der Waals surface area (Å²) in [4.78, 5) is 80.5. The van der Waals surface area contributed by atoms with E-state index in [-0.39, 0.29) is 41.6 Å². The lowest BCUT2D eigenvalue weighted by molar-refractivity contribution is -0.148. The first-order valence-electron chi connectivity index (χ1n) is 16.4. The van der Waals surface area contributed by atoms with E-state index in [9.17, 15) is 28.8 Å². The maximum atomic E-state index is 14.3. The standard InChI is InChI=1S/C34H51N5O8/c1-32(2,3)14-22(30(44)47-17-19-11-12-46-16-19)37-31(45)38-26(33(4,5)6)29(43)39-15-20-23(34(20,7)8)24(39)28(42)36-21(13-18-9-10-18)25(40)27(35)41/h11-12,16,18,20-24,26H,9-10,13-15,17H2,1-8H3,(H2,35,41)(H,36,42)(H2,37,38,45)/t20-,21?,22-,23-,24-,26+/m0/s1. The molecule has 0 bridgehead atoms. The molecule has 1 aliphatic heterocycles. The molecule has 1 saturated heterocycles. The van der Waals surface area contributed by atoms with Gasteiger partial charge in [-0.3, -0.25) is 19.2 Å². The molecule has 6 atom stereocenters. The minimum atomic E-state index is -1.11. The van der Waals surface area contributed by atoms with Gasteiger partial charge < -0.3 is 35.7 Å². The number of furan rings is 1. The van der Waals surface area contributed by atoms with Crippen LogP contribution in [0, 0.1) is 34.0 Å². The summed E-state index contributed by atoms with van der Waals surface area (Å²) in [6.45, 7) is 15.5. The molecule has 1 unspecified atom stereocenters. The van der Waals surface area contributed by atoms with Crippen LogP contribution in [0.3, 0.4) is 0 Å². The molecule has 0 spiro atoms. The first-order valence-corrected chi connectivity index (χ1v) is 16.4. The summed E-state index contributed by atoms with van der Waals surface area (Å²) in [5.41, 5.74) is 4.62. The van der Waals surface area contributed by atoms with E-state index in [1.165, 1.54) is 17.4 Å². The highest BCUT2D eigenvalue weighted by atomic mass is 16.5. The summed E-state index contributed by atoms with van der Waals surface area (Å²) in [5, 5.41) is 8.24. The topological polar surface area (TPSA) is 190 Å². The molecule has 5 amide bonds. The molecule has 3 aliphatic rings. The SMILES string of the molecule is CC(C)(C)C[C@H](NC(=O)N[C@H](C(=O)N1C[C@H]2[C@@H]([C@H]1C(=O)NC(CC1CC1)C(=O)C(N)=O)C2(C)C)C(C)(C)C)C(=O)OCc1ccoc1. The molecule has 5 N–H and O–H groups in total. The van der Waals surface area contributed by atoms with Crippen LogP contribution in [0.1, 0.15) is 86.6 Å². The Morgan fingerprint density at radius 1 is 1.02 bits per heavy atom. The predicted octanol–water partition coefficient (Wildman–Crippen LogP) is 2.66. The Morgan fingerprint density at radius 3 is 2.21 bits per heavy atom. The molecule has 4 rings (SSSR count).